The van der Waals surface area contributed by atoms with Crippen molar-refractivity contribution in [3.8, 4) is 0 Å². The standard InChI is InChI=1S/C5H12N2O.CH2O2/c1-4(7-2)3-5(6)8;2-1-3/h4,7H,3H2,1-2H3,(H2,6,8);1H,(H,2,3). The van der Waals surface area contributed by atoms with Gasteiger partial charge in [-0.2, -0.15) is 0 Å². The lowest BCUT2D eigenvalue weighted by Crippen LogP contribution is -2.27. The van der Waals surface area contributed by atoms with Crippen LogP contribution in [0.25, 0.3) is 0 Å². The Morgan fingerprint density at radius 1 is 1.82 bits per heavy atom. The molecule has 0 bridgehead atoms. The summed E-state index contributed by atoms with van der Waals surface area (Å²) >= 11 is 0. The van der Waals surface area contributed by atoms with Crippen LogP contribution in [-0.2, 0) is 9.59 Å². The maximum Gasteiger partial charge on any atom is 0.290 e. The Labute approximate surface area is 65.6 Å². The quantitative estimate of drug-likeness (QED) is 0.472. The Morgan fingerprint density at radius 3 is 2.27 bits per heavy atom. The van der Waals surface area contributed by atoms with Gasteiger partial charge in [0.25, 0.3) is 6.47 Å². The molecule has 11 heavy (non-hydrogen) atoms. The number of carboxylic acid groups (broad SMARTS) is 1. The van der Waals surface area contributed by atoms with E-state index in [0.29, 0.717) is 6.42 Å². The van der Waals surface area contributed by atoms with Crippen molar-refractivity contribution in [2.24, 2.45) is 5.73 Å². The molecule has 0 aromatic rings. The first-order valence-electron chi connectivity index (χ1n) is 3.11. The first kappa shape index (κ1) is 12.6. The van der Waals surface area contributed by atoms with E-state index in [9.17, 15) is 4.79 Å². The van der Waals surface area contributed by atoms with Crippen molar-refractivity contribution in [3.63, 3.8) is 0 Å². The molecule has 5 heteroatoms. The average molecular weight is 162 g/mol. The van der Waals surface area contributed by atoms with Crippen molar-refractivity contribution < 1.29 is 14.7 Å². The lowest BCUT2D eigenvalue weighted by atomic mass is 10.2. The van der Waals surface area contributed by atoms with Crippen molar-refractivity contribution in [1.29, 1.82) is 0 Å². The van der Waals surface area contributed by atoms with Crippen LogP contribution in [0, 0.1) is 0 Å². The zero-order valence-electron chi connectivity index (χ0n) is 6.70. The van der Waals surface area contributed by atoms with Crippen molar-refractivity contribution in [2.45, 2.75) is 19.4 Å². The third kappa shape index (κ3) is 17.6. The monoisotopic (exact) mass is 162 g/mol. The van der Waals surface area contributed by atoms with Gasteiger partial charge in [-0.25, -0.2) is 0 Å². The number of rotatable bonds is 3. The van der Waals surface area contributed by atoms with Crippen LogP contribution in [-0.4, -0.2) is 30.6 Å². The zero-order valence-corrected chi connectivity index (χ0v) is 6.70. The van der Waals surface area contributed by atoms with Gasteiger partial charge in [0.1, 0.15) is 0 Å². The van der Waals surface area contributed by atoms with Crippen LogP contribution in [0.2, 0.25) is 0 Å². The van der Waals surface area contributed by atoms with E-state index in [2.05, 4.69) is 5.32 Å². The number of hydrogen-bond acceptors (Lipinski definition) is 3. The molecule has 0 aliphatic rings. The molecule has 0 fully saturated rings. The fraction of sp³-hybridized carbons (Fsp3) is 0.667. The van der Waals surface area contributed by atoms with Crippen LogP contribution in [0.15, 0.2) is 0 Å². The number of carbonyl (C=O) groups is 2. The van der Waals surface area contributed by atoms with Gasteiger partial charge in [-0.3, -0.25) is 9.59 Å². The summed E-state index contributed by atoms with van der Waals surface area (Å²) in [4.78, 5) is 18.5. The molecule has 5 nitrogen and oxygen atoms in total. The normalized spacial score (nSPS) is 10.7. The number of nitrogens with one attached hydrogen (secondary N) is 1. The number of hydrogen-bond donors (Lipinski definition) is 3. The van der Waals surface area contributed by atoms with Gasteiger partial charge in [0.2, 0.25) is 5.91 Å². The molecule has 4 N–H and O–H groups in total. The van der Waals surface area contributed by atoms with Gasteiger partial charge in [0.15, 0.2) is 0 Å². The molecule has 0 saturated carbocycles. The van der Waals surface area contributed by atoms with E-state index >= 15 is 0 Å². The molecular formula is C6H14N2O3. The summed E-state index contributed by atoms with van der Waals surface area (Å²) in [6.45, 7) is 1.66. The highest BCUT2D eigenvalue weighted by molar-refractivity contribution is 5.74. The van der Waals surface area contributed by atoms with Crippen molar-refractivity contribution in [3.05, 3.63) is 0 Å². The van der Waals surface area contributed by atoms with E-state index < -0.39 is 0 Å². The van der Waals surface area contributed by atoms with E-state index in [4.69, 9.17) is 15.6 Å². The second-order valence-corrected chi connectivity index (χ2v) is 1.97. The van der Waals surface area contributed by atoms with Crippen LogP contribution < -0.4 is 11.1 Å². The predicted molar refractivity (Wildman–Crippen MR) is 41.0 cm³/mol. The highest BCUT2D eigenvalue weighted by Gasteiger charge is 2.00. The molecule has 0 saturated heterocycles. The second kappa shape index (κ2) is 8.90. The van der Waals surface area contributed by atoms with Crippen LogP contribution >= 0.6 is 0 Å². The third-order valence-corrected chi connectivity index (χ3v) is 1.00. The predicted octanol–water partition coefficient (Wildman–Crippen LogP) is -0.829. The number of nitrogens with two attached hydrogens (primary N) is 1. The second-order valence-electron chi connectivity index (χ2n) is 1.97. The minimum atomic E-state index is -0.258. The van der Waals surface area contributed by atoms with Crippen molar-refractivity contribution in [2.75, 3.05) is 7.05 Å². The van der Waals surface area contributed by atoms with Crippen molar-refractivity contribution in [1.82, 2.24) is 5.32 Å². The summed E-state index contributed by atoms with van der Waals surface area (Å²) in [5.41, 5.74) is 4.89. The number of carbonyl (C=O) groups excluding carboxylic acids is 1. The maximum absolute atomic E-state index is 10.2. The van der Waals surface area contributed by atoms with Crippen LogP contribution in [0.1, 0.15) is 13.3 Å². The summed E-state index contributed by atoms with van der Waals surface area (Å²) in [7, 11) is 1.80. The fourth-order valence-electron chi connectivity index (χ4n) is 0.404. The summed E-state index contributed by atoms with van der Waals surface area (Å²) in [6, 6.07) is 0.201. The minimum Gasteiger partial charge on any atom is -0.483 e. The van der Waals surface area contributed by atoms with E-state index in [1.807, 2.05) is 6.92 Å². The number of primary amides is 1. The molecule has 0 aliphatic carbocycles. The van der Waals surface area contributed by atoms with Crippen LogP contribution in [0.5, 0.6) is 0 Å². The third-order valence-electron chi connectivity index (χ3n) is 1.00. The molecule has 0 aromatic carbocycles. The van der Waals surface area contributed by atoms with Crippen LogP contribution in [0.3, 0.4) is 0 Å². The highest BCUT2D eigenvalue weighted by atomic mass is 16.3. The Hall–Kier alpha value is -1.10. The van der Waals surface area contributed by atoms with E-state index in [1.165, 1.54) is 0 Å². The minimum absolute atomic E-state index is 0.201. The van der Waals surface area contributed by atoms with Gasteiger partial charge in [0, 0.05) is 12.5 Å². The molecule has 0 radical (unpaired) electrons. The average Bonchev–Trinajstić information content (AvgIpc) is 1.88. The Balaban J connectivity index is 0. The molecule has 0 rings (SSSR count). The summed E-state index contributed by atoms with van der Waals surface area (Å²) in [5.74, 6) is -0.258. The van der Waals surface area contributed by atoms with E-state index in [0.717, 1.165) is 0 Å². The molecule has 0 aliphatic heterocycles. The largest absolute Gasteiger partial charge is 0.483 e. The topological polar surface area (TPSA) is 92.4 Å². The summed E-state index contributed by atoms with van der Waals surface area (Å²) < 4.78 is 0. The van der Waals surface area contributed by atoms with Gasteiger partial charge in [-0.05, 0) is 14.0 Å². The maximum atomic E-state index is 10.2. The van der Waals surface area contributed by atoms with Gasteiger partial charge >= 0.3 is 0 Å². The zero-order chi connectivity index (χ0) is 9.28. The Morgan fingerprint density at radius 2 is 2.18 bits per heavy atom. The first-order valence-corrected chi connectivity index (χ1v) is 3.11. The van der Waals surface area contributed by atoms with E-state index in [1.54, 1.807) is 7.05 Å². The lowest BCUT2D eigenvalue weighted by molar-refractivity contribution is -0.123. The summed E-state index contributed by atoms with van der Waals surface area (Å²) in [5, 5.41) is 9.78. The molecule has 1 unspecified atom stereocenters. The van der Waals surface area contributed by atoms with Crippen molar-refractivity contribution >= 4 is 12.4 Å². The molecule has 1 atom stereocenters. The van der Waals surface area contributed by atoms with E-state index in [-0.39, 0.29) is 18.4 Å². The number of amides is 1. The Kier molecular flexibility index (Phi) is 10.2. The van der Waals surface area contributed by atoms with Gasteiger partial charge in [0.05, 0.1) is 0 Å². The molecule has 66 valence electrons. The smallest absolute Gasteiger partial charge is 0.290 e. The fourth-order valence-corrected chi connectivity index (χ4v) is 0.404. The molecule has 1 amide bonds. The molecule has 0 spiro atoms. The molecular weight excluding hydrogens is 148 g/mol. The van der Waals surface area contributed by atoms with Gasteiger partial charge in [-0.1, -0.05) is 0 Å². The molecule has 0 aromatic heterocycles. The van der Waals surface area contributed by atoms with Gasteiger partial charge < -0.3 is 16.2 Å². The van der Waals surface area contributed by atoms with Gasteiger partial charge in [-0.15, -0.1) is 0 Å². The Bertz CT molecular complexity index is 116. The first-order chi connectivity index (χ1) is 5.08. The molecule has 0 heterocycles. The lowest BCUT2D eigenvalue weighted by Gasteiger charge is -2.04. The van der Waals surface area contributed by atoms with Crippen LogP contribution in [0.4, 0.5) is 0 Å². The highest BCUT2D eigenvalue weighted by Crippen LogP contribution is 1.84. The SMILES string of the molecule is CNC(C)CC(N)=O.O=CO. The summed E-state index contributed by atoms with van der Waals surface area (Å²) in [6.07, 6.45) is 0.413.